The van der Waals surface area contributed by atoms with E-state index in [1.54, 1.807) is 0 Å². The first-order chi connectivity index (χ1) is 11.6. The lowest BCUT2D eigenvalue weighted by atomic mass is 9.76. The minimum Gasteiger partial charge on any atom is -0.368 e. The van der Waals surface area contributed by atoms with Gasteiger partial charge in [-0.3, -0.25) is 0 Å². The molecule has 0 aliphatic heterocycles. The molecule has 0 bridgehead atoms. The first kappa shape index (κ1) is 18.4. The van der Waals surface area contributed by atoms with Crippen LogP contribution >= 0.6 is 0 Å². The van der Waals surface area contributed by atoms with Gasteiger partial charge in [0, 0.05) is 26.1 Å². The largest absolute Gasteiger partial charge is 0.368 e. The Bertz CT molecular complexity index is 590. The number of hydrogen-bond donors (Lipinski definition) is 1. The van der Waals surface area contributed by atoms with Gasteiger partial charge in [-0.25, -0.2) is 0 Å². The van der Waals surface area contributed by atoms with Crippen LogP contribution in [0.25, 0.3) is 0 Å². The molecule has 2 aromatic carbocycles. The molecule has 24 heavy (non-hydrogen) atoms. The summed E-state index contributed by atoms with van der Waals surface area (Å²) >= 11 is 0. The van der Waals surface area contributed by atoms with E-state index in [0.717, 1.165) is 13.1 Å². The summed E-state index contributed by atoms with van der Waals surface area (Å²) in [7, 11) is 1.81. The Kier molecular flexibility index (Phi) is 6.77. The predicted molar refractivity (Wildman–Crippen MR) is 102 cm³/mol. The van der Waals surface area contributed by atoms with Crippen molar-refractivity contribution in [2.24, 2.45) is 5.92 Å². The van der Waals surface area contributed by atoms with E-state index < -0.39 is 5.60 Å². The van der Waals surface area contributed by atoms with Gasteiger partial charge in [0.05, 0.1) is 0 Å². The lowest BCUT2D eigenvalue weighted by Crippen LogP contribution is -2.42. The molecular formula is C22H29NO. The Morgan fingerprint density at radius 2 is 1.50 bits per heavy atom. The van der Waals surface area contributed by atoms with Crippen molar-refractivity contribution >= 4 is 0 Å². The lowest BCUT2D eigenvalue weighted by Gasteiger charge is -2.39. The average Bonchev–Trinajstić information content (AvgIpc) is 2.61. The molecule has 0 heterocycles. The molecule has 1 N–H and O–H groups in total. The molecule has 0 fully saturated rings. The lowest BCUT2D eigenvalue weighted by molar-refractivity contribution is -0.0228. The average molecular weight is 323 g/mol. The molecule has 0 saturated heterocycles. The first-order valence-electron chi connectivity index (χ1n) is 8.61. The van der Waals surface area contributed by atoms with E-state index in [4.69, 9.17) is 4.74 Å². The maximum atomic E-state index is 6.19. The fourth-order valence-corrected chi connectivity index (χ4v) is 3.26. The number of rotatable bonds is 8. The fraction of sp³-hybridized carbons (Fsp3) is 0.364. The molecule has 1 atom stereocenters. The summed E-state index contributed by atoms with van der Waals surface area (Å²) < 4.78 is 6.19. The van der Waals surface area contributed by atoms with Crippen LogP contribution in [0.3, 0.4) is 0 Å². The van der Waals surface area contributed by atoms with Gasteiger partial charge in [-0.15, -0.1) is 0 Å². The number of allylic oxidation sites excluding steroid dienone is 1. The van der Waals surface area contributed by atoms with Crippen molar-refractivity contribution in [3.05, 3.63) is 83.4 Å². The highest BCUT2D eigenvalue weighted by atomic mass is 16.5. The van der Waals surface area contributed by atoms with Gasteiger partial charge in [-0.2, -0.15) is 0 Å². The van der Waals surface area contributed by atoms with E-state index in [0.29, 0.717) is 0 Å². The molecule has 0 aromatic heterocycles. The van der Waals surface area contributed by atoms with Crippen LogP contribution in [0.4, 0.5) is 0 Å². The summed E-state index contributed by atoms with van der Waals surface area (Å²) in [5.41, 5.74) is 3.25. The molecule has 1 unspecified atom stereocenters. The first-order valence-corrected chi connectivity index (χ1v) is 8.61. The Morgan fingerprint density at radius 3 is 1.92 bits per heavy atom. The van der Waals surface area contributed by atoms with E-state index in [1.807, 2.05) is 19.2 Å². The number of benzene rings is 2. The standard InChI is InChI=1S/C22H29NO/c1-18(2)15-16-23-17-19(3)22(24-4,20-11-7-5-8-12-20)21-13-9-6-10-14-21/h5-15,19,23H,16-17H2,1-4H3. The third kappa shape index (κ3) is 4.14. The molecule has 0 spiro atoms. The SMILES string of the molecule is COC(c1ccccc1)(c1ccccc1)C(C)CNCC=C(C)C. The van der Waals surface area contributed by atoms with Crippen LogP contribution in [0, 0.1) is 5.92 Å². The van der Waals surface area contributed by atoms with Crippen LogP contribution in [-0.2, 0) is 10.3 Å². The van der Waals surface area contributed by atoms with Crippen molar-refractivity contribution in [3.8, 4) is 0 Å². The molecule has 0 aliphatic rings. The molecule has 0 amide bonds. The Balaban J connectivity index is 2.34. The zero-order chi connectivity index (χ0) is 17.4. The van der Waals surface area contributed by atoms with Crippen LogP contribution < -0.4 is 5.32 Å². The molecular weight excluding hydrogens is 294 g/mol. The second-order valence-corrected chi connectivity index (χ2v) is 6.51. The van der Waals surface area contributed by atoms with E-state index in [2.05, 4.69) is 80.7 Å². The molecule has 0 radical (unpaired) electrons. The van der Waals surface area contributed by atoms with Crippen molar-refractivity contribution in [2.75, 3.05) is 20.2 Å². The van der Waals surface area contributed by atoms with Crippen molar-refractivity contribution in [1.82, 2.24) is 5.32 Å². The highest BCUT2D eigenvalue weighted by molar-refractivity contribution is 5.37. The highest BCUT2D eigenvalue weighted by Gasteiger charge is 2.39. The second-order valence-electron chi connectivity index (χ2n) is 6.51. The number of ether oxygens (including phenoxy) is 1. The molecule has 2 aromatic rings. The van der Waals surface area contributed by atoms with Gasteiger partial charge in [0.1, 0.15) is 5.60 Å². The number of nitrogens with one attached hydrogen (secondary N) is 1. The van der Waals surface area contributed by atoms with Crippen molar-refractivity contribution in [2.45, 2.75) is 26.4 Å². The minimum atomic E-state index is -0.458. The Morgan fingerprint density at radius 1 is 1.00 bits per heavy atom. The predicted octanol–water partition coefficient (Wildman–Crippen LogP) is 4.77. The summed E-state index contributed by atoms with van der Waals surface area (Å²) in [6, 6.07) is 21.0. The smallest absolute Gasteiger partial charge is 0.121 e. The Hall–Kier alpha value is -1.90. The van der Waals surface area contributed by atoms with Gasteiger partial charge in [0.15, 0.2) is 0 Å². The fourth-order valence-electron chi connectivity index (χ4n) is 3.26. The molecule has 2 heteroatoms. The number of methoxy groups -OCH3 is 1. The van der Waals surface area contributed by atoms with Gasteiger partial charge in [0.25, 0.3) is 0 Å². The van der Waals surface area contributed by atoms with E-state index >= 15 is 0 Å². The van der Waals surface area contributed by atoms with Crippen LogP contribution in [0.5, 0.6) is 0 Å². The van der Waals surface area contributed by atoms with Crippen LogP contribution in [0.1, 0.15) is 31.9 Å². The quantitative estimate of drug-likeness (QED) is 0.558. The minimum absolute atomic E-state index is 0.276. The van der Waals surface area contributed by atoms with Crippen molar-refractivity contribution in [3.63, 3.8) is 0 Å². The van der Waals surface area contributed by atoms with Crippen LogP contribution in [-0.4, -0.2) is 20.2 Å². The van der Waals surface area contributed by atoms with E-state index in [-0.39, 0.29) is 5.92 Å². The van der Waals surface area contributed by atoms with E-state index in [9.17, 15) is 0 Å². The zero-order valence-electron chi connectivity index (χ0n) is 15.3. The van der Waals surface area contributed by atoms with Crippen LogP contribution in [0.15, 0.2) is 72.3 Å². The molecule has 0 aliphatic carbocycles. The molecule has 0 saturated carbocycles. The summed E-state index contributed by atoms with van der Waals surface area (Å²) in [6.45, 7) is 8.26. The van der Waals surface area contributed by atoms with E-state index in [1.165, 1.54) is 16.7 Å². The molecule has 2 rings (SSSR count). The zero-order valence-corrected chi connectivity index (χ0v) is 15.3. The van der Waals surface area contributed by atoms with Gasteiger partial charge in [0.2, 0.25) is 0 Å². The van der Waals surface area contributed by atoms with Crippen molar-refractivity contribution in [1.29, 1.82) is 0 Å². The summed E-state index contributed by atoms with van der Waals surface area (Å²) in [5.74, 6) is 0.276. The summed E-state index contributed by atoms with van der Waals surface area (Å²) in [4.78, 5) is 0. The van der Waals surface area contributed by atoms with Gasteiger partial charge < -0.3 is 10.1 Å². The van der Waals surface area contributed by atoms with Crippen LogP contribution in [0.2, 0.25) is 0 Å². The summed E-state index contributed by atoms with van der Waals surface area (Å²) in [5, 5.41) is 3.54. The molecule has 128 valence electrons. The maximum Gasteiger partial charge on any atom is 0.121 e. The second kappa shape index (κ2) is 8.81. The highest BCUT2D eigenvalue weighted by Crippen LogP contribution is 2.39. The maximum absolute atomic E-state index is 6.19. The monoisotopic (exact) mass is 323 g/mol. The summed E-state index contributed by atoms with van der Waals surface area (Å²) in [6.07, 6.45) is 2.21. The topological polar surface area (TPSA) is 21.3 Å². The normalized spacial score (nSPS) is 12.7. The third-order valence-electron chi connectivity index (χ3n) is 4.53. The van der Waals surface area contributed by atoms with Gasteiger partial charge in [-0.05, 0) is 25.0 Å². The van der Waals surface area contributed by atoms with Crippen molar-refractivity contribution < 1.29 is 4.74 Å². The molecule has 2 nitrogen and oxygen atoms in total. The third-order valence-corrected chi connectivity index (χ3v) is 4.53. The Labute approximate surface area is 146 Å². The van der Waals surface area contributed by atoms with Gasteiger partial charge >= 0.3 is 0 Å². The number of hydrogen-bond acceptors (Lipinski definition) is 2. The van der Waals surface area contributed by atoms with Gasteiger partial charge in [-0.1, -0.05) is 79.2 Å².